The minimum Gasteiger partial charge on any atom is -0.381 e. The van der Waals surface area contributed by atoms with E-state index in [0.29, 0.717) is 17.1 Å². The van der Waals surface area contributed by atoms with Crippen molar-refractivity contribution >= 4 is 17.0 Å². The van der Waals surface area contributed by atoms with Crippen LogP contribution in [0, 0.1) is 11.6 Å². The molecule has 7 heteroatoms. The summed E-state index contributed by atoms with van der Waals surface area (Å²) in [5.41, 5.74) is 2.49. The molecule has 0 amide bonds. The highest BCUT2D eigenvalue weighted by molar-refractivity contribution is 7.09. The summed E-state index contributed by atoms with van der Waals surface area (Å²) in [6, 6.07) is 11.5. The molecule has 0 spiro atoms. The number of nitrogens with zero attached hydrogens (tertiary/aromatic N) is 3. The monoisotopic (exact) mass is 401 g/mol. The van der Waals surface area contributed by atoms with Crippen molar-refractivity contribution in [1.29, 1.82) is 0 Å². The number of halogens is 2. The van der Waals surface area contributed by atoms with Crippen LogP contribution in [-0.2, 0) is 6.54 Å². The Morgan fingerprint density at radius 2 is 1.75 bits per heavy atom. The molecule has 3 aromatic rings. The molecule has 2 aromatic carbocycles. The molecule has 1 atom stereocenters. The molecule has 1 aromatic heterocycles. The van der Waals surface area contributed by atoms with Crippen molar-refractivity contribution in [3.63, 3.8) is 0 Å². The smallest absolute Gasteiger partial charge is 0.132 e. The van der Waals surface area contributed by atoms with E-state index in [1.54, 1.807) is 6.20 Å². The Morgan fingerprint density at radius 1 is 1.04 bits per heavy atom. The van der Waals surface area contributed by atoms with E-state index in [9.17, 15) is 13.9 Å². The molecule has 1 fully saturated rings. The van der Waals surface area contributed by atoms with Crippen molar-refractivity contribution in [1.82, 2.24) is 9.88 Å². The van der Waals surface area contributed by atoms with Crippen molar-refractivity contribution in [3.05, 3.63) is 81.8 Å². The summed E-state index contributed by atoms with van der Waals surface area (Å²) in [6.45, 7) is 3.63. The number of aromatic nitrogens is 1. The third-order valence-electron chi connectivity index (χ3n) is 4.96. The molecule has 4 nitrogen and oxygen atoms in total. The lowest BCUT2D eigenvalue weighted by Crippen LogP contribution is -2.46. The molecule has 0 saturated carbocycles. The minimum atomic E-state index is -0.746. The van der Waals surface area contributed by atoms with Crippen LogP contribution >= 0.6 is 11.3 Å². The van der Waals surface area contributed by atoms with Crippen LogP contribution in [0.1, 0.15) is 22.2 Å². The Kier molecular flexibility index (Phi) is 5.66. The first-order chi connectivity index (χ1) is 13.6. The average molecular weight is 401 g/mol. The molecule has 1 N–H and O–H groups in total. The summed E-state index contributed by atoms with van der Waals surface area (Å²) in [6.07, 6.45) is 0.948. The predicted octanol–water partition coefficient (Wildman–Crippen LogP) is 3.83. The van der Waals surface area contributed by atoms with Gasteiger partial charge in [-0.1, -0.05) is 18.2 Å². The van der Waals surface area contributed by atoms with Gasteiger partial charge in [-0.15, -0.1) is 11.3 Å². The first kappa shape index (κ1) is 19.0. The minimum absolute atomic E-state index is 0.520. The SMILES string of the molecule is O[C@H](c1nccs1)c1ccccc1N1CCN(Cc2cc(F)cc(F)c2)CC1. The van der Waals surface area contributed by atoms with E-state index >= 15 is 0 Å². The van der Waals surface area contributed by atoms with Crippen LogP contribution in [-0.4, -0.2) is 41.2 Å². The predicted molar refractivity (Wildman–Crippen MR) is 106 cm³/mol. The second kappa shape index (κ2) is 8.34. The van der Waals surface area contributed by atoms with Gasteiger partial charge in [0.2, 0.25) is 0 Å². The number of hydrogen-bond acceptors (Lipinski definition) is 5. The van der Waals surface area contributed by atoms with Crippen LogP contribution in [0.25, 0.3) is 0 Å². The number of piperazine rings is 1. The van der Waals surface area contributed by atoms with Crippen molar-refractivity contribution in [2.75, 3.05) is 31.1 Å². The van der Waals surface area contributed by atoms with E-state index in [-0.39, 0.29) is 0 Å². The molecule has 0 unspecified atom stereocenters. The number of rotatable bonds is 5. The molecule has 146 valence electrons. The standard InChI is InChI=1S/C21H21F2N3OS/c22-16-11-15(12-17(23)13-16)14-25-6-8-26(9-7-25)19-4-2-1-3-18(19)20(27)21-24-5-10-28-21/h1-5,10-13,20,27H,6-9,14H2/t20-/m0/s1. The lowest BCUT2D eigenvalue weighted by Gasteiger charge is -2.37. The molecule has 1 aliphatic heterocycles. The van der Waals surface area contributed by atoms with E-state index in [0.717, 1.165) is 43.5 Å². The van der Waals surface area contributed by atoms with Crippen LogP contribution < -0.4 is 4.90 Å². The summed E-state index contributed by atoms with van der Waals surface area (Å²) < 4.78 is 26.8. The maximum atomic E-state index is 13.4. The Labute approximate surface area is 166 Å². The fourth-order valence-corrected chi connectivity index (χ4v) is 4.26. The molecule has 28 heavy (non-hydrogen) atoms. The summed E-state index contributed by atoms with van der Waals surface area (Å²) in [5.74, 6) is -1.09. The number of aliphatic hydroxyl groups excluding tert-OH is 1. The topological polar surface area (TPSA) is 39.6 Å². The molecule has 1 saturated heterocycles. The number of thiazole rings is 1. The maximum absolute atomic E-state index is 13.4. The van der Waals surface area contributed by atoms with Crippen LogP contribution in [0.2, 0.25) is 0 Å². The molecular weight excluding hydrogens is 380 g/mol. The lowest BCUT2D eigenvalue weighted by atomic mass is 10.1. The number of hydrogen-bond donors (Lipinski definition) is 1. The van der Waals surface area contributed by atoms with Gasteiger partial charge in [0.15, 0.2) is 0 Å². The van der Waals surface area contributed by atoms with Gasteiger partial charge >= 0.3 is 0 Å². The number of aliphatic hydroxyl groups is 1. The Bertz CT molecular complexity index is 907. The van der Waals surface area contributed by atoms with E-state index < -0.39 is 17.7 Å². The Morgan fingerprint density at radius 3 is 2.43 bits per heavy atom. The van der Waals surface area contributed by atoms with Crippen molar-refractivity contribution in [2.24, 2.45) is 0 Å². The van der Waals surface area contributed by atoms with E-state index in [1.807, 2.05) is 29.6 Å². The van der Waals surface area contributed by atoms with Gasteiger partial charge in [0.1, 0.15) is 22.7 Å². The van der Waals surface area contributed by atoms with Gasteiger partial charge < -0.3 is 10.0 Å². The van der Waals surface area contributed by atoms with Crippen LogP contribution in [0.15, 0.2) is 54.0 Å². The molecule has 4 rings (SSSR count). The molecule has 0 bridgehead atoms. The summed E-state index contributed by atoms with van der Waals surface area (Å²) in [7, 11) is 0. The molecule has 2 heterocycles. The largest absolute Gasteiger partial charge is 0.381 e. The summed E-state index contributed by atoms with van der Waals surface area (Å²) >= 11 is 1.44. The number of para-hydroxylation sites is 1. The van der Waals surface area contributed by atoms with Crippen LogP contribution in [0.3, 0.4) is 0 Å². The van der Waals surface area contributed by atoms with Gasteiger partial charge in [-0.25, -0.2) is 13.8 Å². The lowest BCUT2D eigenvalue weighted by molar-refractivity contribution is 0.218. The zero-order chi connectivity index (χ0) is 19.5. The first-order valence-electron chi connectivity index (χ1n) is 9.19. The van der Waals surface area contributed by atoms with Gasteiger partial charge in [-0.2, -0.15) is 0 Å². The summed E-state index contributed by atoms with van der Waals surface area (Å²) in [5, 5.41) is 13.3. The van der Waals surface area contributed by atoms with E-state index in [1.165, 1.54) is 23.5 Å². The second-order valence-electron chi connectivity index (χ2n) is 6.87. The van der Waals surface area contributed by atoms with Crippen LogP contribution in [0.5, 0.6) is 0 Å². The average Bonchev–Trinajstić information content (AvgIpc) is 3.22. The van der Waals surface area contributed by atoms with Gasteiger partial charge in [-0.05, 0) is 23.8 Å². The first-order valence-corrected chi connectivity index (χ1v) is 10.1. The Hall–Kier alpha value is -2.35. The highest BCUT2D eigenvalue weighted by atomic mass is 32.1. The van der Waals surface area contributed by atoms with Crippen molar-refractivity contribution < 1.29 is 13.9 Å². The molecule has 1 aliphatic rings. The second-order valence-corrected chi connectivity index (χ2v) is 7.80. The summed E-state index contributed by atoms with van der Waals surface area (Å²) in [4.78, 5) is 8.66. The third kappa shape index (κ3) is 4.22. The fourth-order valence-electron chi connectivity index (χ4n) is 3.62. The number of benzene rings is 2. The van der Waals surface area contributed by atoms with Gasteiger partial charge in [0.25, 0.3) is 0 Å². The van der Waals surface area contributed by atoms with Crippen LogP contribution in [0.4, 0.5) is 14.5 Å². The Balaban J connectivity index is 1.44. The van der Waals surface area contributed by atoms with Crippen molar-refractivity contribution in [3.8, 4) is 0 Å². The van der Waals surface area contributed by atoms with Gasteiger partial charge in [0.05, 0.1) is 0 Å². The van der Waals surface area contributed by atoms with E-state index in [4.69, 9.17) is 0 Å². The zero-order valence-corrected chi connectivity index (χ0v) is 16.1. The quantitative estimate of drug-likeness (QED) is 0.706. The molecular formula is C21H21F2N3OS. The fraction of sp³-hybridized carbons (Fsp3) is 0.286. The van der Waals surface area contributed by atoms with Gasteiger partial charge in [0, 0.05) is 61.6 Å². The third-order valence-corrected chi connectivity index (χ3v) is 5.79. The maximum Gasteiger partial charge on any atom is 0.132 e. The zero-order valence-electron chi connectivity index (χ0n) is 15.3. The van der Waals surface area contributed by atoms with Gasteiger partial charge in [-0.3, -0.25) is 4.90 Å². The molecule has 0 radical (unpaired) electrons. The molecule has 0 aliphatic carbocycles. The normalized spacial score (nSPS) is 16.3. The van der Waals surface area contributed by atoms with Crippen molar-refractivity contribution in [2.45, 2.75) is 12.6 Å². The highest BCUT2D eigenvalue weighted by Crippen LogP contribution is 2.32. The highest BCUT2D eigenvalue weighted by Gasteiger charge is 2.23. The van der Waals surface area contributed by atoms with E-state index in [2.05, 4.69) is 14.8 Å². The number of anilines is 1.